The number of carbonyl (C=O) groups is 2. The molecule has 0 heterocycles. The molecular weight excluding hydrogens is 340 g/mol. The van der Waals surface area contributed by atoms with Crippen LogP contribution in [0.3, 0.4) is 0 Å². The van der Waals surface area contributed by atoms with E-state index in [1.165, 1.54) is 0 Å². The van der Waals surface area contributed by atoms with Crippen LogP contribution in [0.4, 0.5) is 10.5 Å². The number of hydrogen-bond acceptors (Lipinski definition) is 4. The van der Waals surface area contributed by atoms with Crippen LogP contribution < -0.4 is 21.3 Å². The van der Waals surface area contributed by atoms with Crippen molar-refractivity contribution in [3.63, 3.8) is 0 Å². The maximum Gasteiger partial charge on any atom is 0.408 e. The van der Waals surface area contributed by atoms with E-state index in [1.807, 2.05) is 42.5 Å². The number of anilines is 1. The molecule has 0 saturated heterocycles. The zero-order valence-electron chi connectivity index (χ0n) is 13.8. The fourth-order valence-corrected chi connectivity index (χ4v) is 2.30. The zero-order valence-corrected chi connectivity index (χ0v) is 14.6. The summed E-state index contributed by atoms with van der Waals surface area (Å²) in [5.41, 5.74) is 0.861. The number of thiocarbonyl (C=S) groups is 1. The summed E-state index contributed by atoms with van der Waals surface area (Å²) in [7, 11) is 0. The first-order valence-electron chi connectivity index (χ1n) is 7.80. The van der Waals surface area contributed by atoms with Crippen molar-refractivity contribution in [3.05, 3.63) is 42.5 Å². The molecule has 2 aromatic carbocycles. The van der Waals surface area contributed by atoms with Crippen molar-refractivity contribution in [1.82, 2.24) is 16.0 Å². The van der Waals surface area contributed by atoms with Crippen LogP contribution in [-0.2, 0) is 9.53 Å². The van der Waals surface area contributed by atoms with E-state index in [0.717, 1.165) is 16.5 Å². The van der Waals surface area contributed by atoms with E-state index in [2.05, 4.69) is 26.0 Å². The maximum atomic E-state index is 11.7. The molecule has 0 aromatic heterocycles. The van der Waals surface area contributed by atoms with Gasteiger partial charge in [-0.05, 0) is 30.6 Å². The lowest BCUT2D eigenvalue weighted by Gasteiger charge is -2.13. The zero-order chi connectivity index (χ0) is 18.1. The number of fused-ring (bicyclic) bond motifs is 1. The summed E-state index contributed by atoms with van der Waals surface area (Å²) in [4.78, 5) is 22.8. The number of amides is 2. The summed E-state index contributed by atoms with van der Waals surface area (Å²) in [5.74, 6) is -0.307. The van der Waals surface area contributed by atoms with Crippen molar-refractivity contribution < 1.29 is 14.3 Å². The fraction of sp³-hybridized carbons (Fsp3) is 0.235. The minimum atomic E-state index is -0.580. The lowest BCUT2D eigenvalue weighted by atomic mass is 10.1. The van der Waals surface area contributed by atoms with Gasteiger partial charge >= 0.3 is 6.09 Å². The number of carbonyl (C=O) groups excluding carboxylic acids is 2. The first-order valence-corrected chi connectivity index (χ1v) is 8.21. The third kappa shape index (κ3) is 5.92. The molecule has 0 aliphatic rings. The molecule has 8 heteroatoms. The predicted octanol–water partition coefficient (Wildman–Crippen LogP) is 1.95. The molecular formula is C17H20N4O3S. The van der Waals surface area contributed by atoms with Crippen LogP contribution in [-0.4, -0.2) is 36.9 Å². The van der Waals surface area contributed by atoms with E-state index in [-0.39, 0.29) is 25.7 Å². The third-order valence-corrected chi connectivity index (χ3v) is 3.49. The molecule has 4 N–H and O–H groups in total. The molecule has 0 aliphatic carbocycles. The topological polar surface area (TPSA) is 91.5 Å². The van der Waals surface area contributed by atoms with Crippen molar-refractivity contribution in [2.45, 2.75) is 6.92 Å². The number of rotatable bonds is 6. The fourth-order valence-electron chi connectivity index (χ4n) is 2.12. The van der Waals surface area contributed by atoms with Crippen LogP contribution in [0, 0.1) is 0 Å². The summed E-state index contributed by atoms with van der Waals surface area (Å²) in [5, 5.41) is 13.3. The maximum absolute atomic E-state index is 11.7. The van der Waals surface area contributed by atoms with Gasteiger partial charge in [-0.15, -0.1) is 0 Å². The third-order valence-electron chi connectivity index (χ3n) is 3.24. The Kier molecular flexibility index (Phi) is 6.97. The second-order valence-electron chi connectivity index (χ2n) is 5.01. The lowest BCUT2D eigenvalue weighted by Crippen LogP contribution is -2.43. The smallest absolute Gasteiger partial charge is 0.408 e. The van der Waals surface area contributed by atoms with Crippen molar-refractivity contribution >= 4 is 45.8 Å². The first-order chi connectivity index (χ1) is 12.1. The highest BCUT2D eigenvalue weighted by atomic mass is 32.1. The second-order valence-corrected chi connectivity index (χ2v) is 5.42. The Morgan fingerprint density at radius 1 is 1.04 bits per heavy atom. The molecule has 132 valence electrons. The highest BCUT2D eigenvalue weighted by Crippen LogP contribution is 2.22. The minimum Gasteiger partial charge on any atom is -0.450 e. The summed E-state index contributed by atoms with van der Waals surface area (Å²) < 4.78 is 4.68. The van der Waals surface area contributed by atoms with Crippen LogP contribution in [0.1, 0.15) is 6.92 Å². The SMILES string of the molecule is CCOC(=O)NCNC(=O)CNC(=S)Nc1cccc2ccccc12. The number of ether oxygens (including phenoxy) is 1. The molecule has 2 aromatic rings. The number of benzene rings is 2. The van der Waals surface area contributed by atoms with Crippen molar-refractivity contribution in [3.8, 4) is 0 Å². The Morgan fingerprint density at radius 2 is 1.80 bits per heavy atom. The monoisotopic (exact) mass is 360 g/mol. The molecule has 2 amide bonds. The molecule has 0 fully saturated rings. The molecule has 2 rings (SSSR count). The lowest BCUT2D eigenvalue weighted by molar-refractivity contribution is -0.120. The van der Waals surface area contributed by atoms with E-state index in [9.17, 15) is 9.59 Å². The van der Waals surface area contributed by atoms with Gasteiger partial charge in [0.1, 0.15) is 0 Å². The van der Waals surface area contributed by atoms with Crippen LogP contribution in [0.2, 0.25) is 0 Å². The van der Waals surface area contributed by atoms with Gasteiger partial charge in [0.25, 0.3) is 0 Å². The Labute approximate surface area is 151 Å². The molecule has 0 unspecified atom stereocenters. The number of alkyl carbamates (subject to hydrolysis) is 1. The van der Waals surface area contributed by atoms with Crippen LogP contribution >= 0.6 is 12.2 Å². The Balaban J connectivity index is 1.76. The van der Waals surface area contributed by atoms with Gasteiger partial charge in [-0.2, -0.15) is 0 Å². The largest absolute Gasteiger partial charge is 0.450 e. The van der Waals surface area contributed by atoms with Crippen LogP contribution in [0.25, 0.3) is 10.8 Å². The molecule has 0 saturated carbocycles. The van der Waals surface area contributed by atoms with E-state index in [0.29, 0.717) is 5.11 Å². The summed E-state index contributed by atoms with van der Waals surface area (Å²) >= 11 is 5.21. The quantitative estimate of drug-likeness (QED) is 0.465. The van der Waals surface area contributed by atoms with Gasteiger partial charge in [0.05, 0.1) is 19.8 Å². The normalized spacial score (nSPS) is 9.96. The van der Waals surface area contributed by atoms with Gasteiger partial charge in [0.15, 0.2) is 5.11 Å². The van der Waals surface area contributed by atoms with Crippen molar-refractivity contribution in [1.29, 1.82) is 0 Å². The van der Waals surface area contributed by atoms with Crippen LogP contribution in [0.5, 0.6) is 0 Å². The molecule has 7 nitrogen and oxygen atoms in total. The highest BCUT2D eigenvalue weighted by Gasteiger charge is 2.06. The average molecular weight is 360 g/mol. The highest BCUT2D eigenvalue weighted by molar-refractivity contribution is 7.80. The first kappa shape index (κ1) is 18.5. The van der Waals surface area contributed by atoms with Gasteiger partial charge in [0.2, 0.25) is 5.91 Å². The molecule has 0 bridgehead atoms. The molecule has 25 heavy (non-hydrogen) atoms. The van der Waals surface area contributed by atoms with Gasteiger partial charge in [-0.1, -0.05) is 36.4 Å². The number of nitrogens with one attached hydrogen (secondary N) is 4. The molecule has 0 radical (unpaired) electrons. The summed E-state index contributed by atoms with van der Waals surface area (Å²) in [6.07, 6.45) is -0.580. The van der Waals surface area contributed by atoms with Crippen molar-refractivity contribution in [2.75, 3.05) is 25.1 Å². The van der Waals surface area contributed by atoms with E-state index >= 15 is 0 Å². The Bertz CT molecular complexity index is 761. The van der Waals surface area contributed by atoms with Crippen molar-refractivity contribution in [2.24, 2.45) is 0 Å². The average Bonchev–Trinajstić information content (AvgIpc) is 2.60. The second kappa shape index (κ2) is 9.43. The van der Waals surface area contributed by atoms with E-state index in [4.69, 9.17) is 12.2 Å². The van der Waals surface area contributed by atoms with Crippen LogP contribution in [0.15, 0.2) is 42.5 Å². The van der Waals surface area contributed by atoms with Gasteiger partial charge < -0.3 is 26.0 Å². The standard InChI is InChI=1S/C17H20N4O3S/c1-2-24-17(23)20-11-19-15(22)10-18-16(25)21-14-9-5-7-12-6-3-4-8-13(12)14/h3-9H,2,10-11H2,1H3,(H,19,22)(H,20,23)(H2,18,21,25). The molecule has 0 spiro atoms. The van der Waals surface area contributed by atoms with E-state index in [1.54, 1.807) is 6.92 Å². The Hall–Kier alpha value is -2.87. The molecule has 0 aliphatic heterocycles. The van der Waals surface area contributed by atoms with Gasteiger partial charge in [-0.25, -0.2) is 4.79 Å². The summed E-state index contributed by atoms with van der Waals surface area (Å²) in [6, 6.07) is 13.8. The Morgan fingerprint density at radius 3 is 2.60 bits per heavy atom. The predicted molar refractivity (Wildman–Crippen MR) is 101 cm³/mol. The molecule has 0 atom stereocenters. The van der Waals surface area contributed by atoms with E-state index < -0.39 is 6.09 Å². The van der Waals surface area contributed by atoms with Gasteiger partial charge in [0, 0.05) is 11.1 Å². The minimum absolute atomic E-state index is 0.0111. The number of hydrogen-bond donors (Lipinski definition) is 4. The summed E-state index contributed by atoms with van der Waals surface area (Å²) in [6.45, 7) is 1.95. The van der Waals surface area contributed by atoms with Gasteiger partial charge in [-0.3, -0.25) is 4.79 Å².